The summed E-state index contributed by atoms with van der Waals surface area (Å²) in [5.41, 5.74) is -0.159. The van der Waals surface area contributed by atoms with Gasteiger partial charge in [-0.05, 0) is 31.9 Å². The Balaban J connectivity index is 1.72. The second-order valence-corrected chi connectivity index (χ2v) is 9.03. The van der Waals surface area contributed by atoms with Crippen LogP contribution in [0.15, 0.2) is 29.2 Å². The Labute approximate surface area is 158 Å². The zero-order valence-electron chi connectivity index (χ0n) is 15.2. The van der Waals surface area contributed by atoms with Crippen LogP contribution in [0.25, 0.3) is 0 Å². The van der Waals surface area contributed by atoms with Crippen molar-refractivity contribution in [2.45, 2.75) is 30.7 Å². The summed E-state index contributed by atoms with van der Waals surface area (Å²) in [6.45, 7) is 4.52. The minimum atomic E-state index is -3.78. The number of hydrogen-bond donors (Lipinski definition) is 1. The smallest absolute Gasteiger partial charge is 0.269 e. The summed E-state index contributed by atoms with van der Waals surface area (Å²) < 4.78 is 27.1. The molecule has 2 heterocycles. The Morgan fingerprint density at radius 1 is 1.22 bits per heavy atom. The highest BCUT2D eigenvalue weighted by atomic mass is 32.2. The van der Waals surface area contributed by atoms with Crippen molar-refractivity contribution in [1.29, 1.82) is 0 Å². The summed E-state index contributed by atoms with van der Waals surface area (Å²) in [7, 11) is -3.78. The lowest BCUT2D eigenvalue weighted by molar-refractivity contribution is -0.384. The Bertz CT molecular complexity index is 811. The highest BCUT2D eigenvalue weighted by molar-refractivity contribution is 7.89. The number of carbonyl (C=O) groups excluding carboxylic acids is 1. The molecule has 2 aliphatic rings. The van der Waals surface area contributed by atoms with Crippen LogP contribution in [0.1, 0.15) is 19.8 Å². The van der Waals surface area contributed by atoms with Gasteiger partial charge in [-0.2, -0.15) is 4.31 Å². The molecule has 2 fully saturated rings. The van der Waals surface area contributed by atoms with Gasteiger partial charge in [0.1, 0.15) is 0 Å². The van der Waals surface area contributed by atoms with Crippen LogP contribution in [-0.4, -0.2) is 67.2 Å². The van der Waals surface area contributed by atoms with Gasteiger partial charge in [-0.3, -0.25) is 14.9 Å². The van der Waals surface area contributed by atoms with Gasteiger partial charge in [0.05, 0.1) is 15.7 Å². The Morgan fingerprint density at radius 3 is 2.56 bits per heavy atom. The molecule has 2 aliphatic heterocycles. The first-order chi connectivity index (χ1) is 12.8. The molecule has 27 heavy (non-hydrogen) atoms. The van der Waals surface area contributed by atoms with Gasteiger partial charge in [-0.25, -0.2) is 8.42 Å². The lowest BCUT2D eigenvalue weighted by atomic mass is 9.97. The second kappa shape index (κ2) is 7.91. The van der Waals surface area contributed by atoms with E-state index in [1.807, 2.05) is 11.8 Å². The molecule has 0 spiro atoms. The van der Waals surface area contributed by atoms with E-state index in [0.29, 0.717) is 32.5 Å². The van der Waals surface area contributed by atoms with E-state index >= 15 is 0 Å². The first-order valence-corrected chi connectivity index (χ1v) is 10.5. The van der Waals surface area contributed by atoms with E-state index in [2.05, 4.69) is 5.32 Å². The molecule has 1 aromatic carbocycles. The van der Waals surface area contributed by atoms with Crippen LogP contribution in [-0.2, 0) is 14.8 Å². The lowest BCUT2D eigenvalue weighted by Crippen LogP contribution is -2.54. The number of benzene rings is 1. The summed E-state index contributed by atoms with van der Waals surface area (Å²) in [6, 6.07) is 5.09. The van der Waals surface area contributed by atoms with Crippen LogP contribution in [0.2, 0.25) is 0 Å². The predicted molar refractivity (Wildman–Crippen MR) is 98.6 cm³/mol. The van der Waals surface area contributed by atoms with E-state index in [0.717, 1.165) is 6.54 Å². The molecule has 9 nitrogen and oxygen atoms in total. The number of hydrogen-bond acceptors (Lipinski definition) is 6. The first kappa shape index (κ1) is 19.7. The molecular formula is C17H24N4O5S. The van der Waals surface area contributed by atoms with Gasteiger partial charge >= 0.3 is 0 Å². The van der Waals surface area contributed by atoms with Gasteiger partial charge in [0, 0.05) is 50.9 Å². The van der Waals surface area contributed by atoms with Gasteiger partial charge in [-0.15, -0.1) is 0 Å². The molecule has 0 saturated carbocycles. The minimum Gasteiger partial charge on any atom is -0.340 e. The summed E-state index contributed by atoms with van der Waals surface area (Å²) in [6.07, 6.45) is 1.29. The maximum Gasteiger partial charge on any atom is 0.269 e. The molecule has 3 rings (SSSR count). The third-order valence-electron chi connectivity index (χ3n) is 5.10. The normalized spacial score (nSPS) is 24.6. The maximum absolute atomic E-state index is 12.9. The number of non-ortho nitro benzene ring substituents is 1. The van der Waals surface area contributed by atoms with E-state index in [1.54, 1.807) is 0 Å². The Morgan fingerprint density at radius 2 is 1.93 bits per heavy atom. The fourth-order valence-corrected chi connectivity index (χ4v) is 5.17. The quantitative estimate of drug-likeness (QED) is 0.595. The highest BCUT2D eigenvalue weighted by Gasteiger charge is 2.36. The van der Waals surface area contributed by atoms with Crippen LogP contribution in [0, 0.1) is 16.0 Å². The molecule has 0 aromatic heterocycles. The zero-order chi connectivity index (χ0) is 19.6. The molecule has 0 aliphatic carbocycles. The molecule has 2 unspecified atom stereocenters. The van der Waals surface area contributed by atoms with Crippen molar-refractivity contribution in [3.63, 3.8) is 0 Å². The van der Waals surface area contributed by atoms with Crippen LogP contribution in [0.4, 0.5) is 5.69 Å². The second-order valence-electron chi connectivity index (χ2n) is 7.09. The van der Waals surface area contributed by atoms with E-state index in [1.165, 1.54) is 28.6 Å². The number of nitro benzene ring substituents is 1. The monoisotopic (exact) mass is 396 g/mol. The van der Waals surface area contributed by atoms with Crippen molar-refractivity contribution < 1.29 is 18.1 Å². The third-order valence-corrected chi connectivity index (χ3v) is 6.98. The Kier molecular flexibility index (Phi) is 5.78. The average molecular weight is 396 g/mol. The zero-order valence-corrected chi connectivity index (χ0v) is 16.0. The van der Waals surface area contributed by atoms with Crippen LogP contribution in [0.3, 0.4) is 0 Å². The van der Waals surface area contributed by atoms with Crippen molar-refractivity contribution >= 4 is 21.6 Å². The van der Waals surface area contributed by atoms with Crippen LogP contribution < -0.4 is 5.32 Å². The maximum atomic E-state index is 12.9. The molecule has 1 amide bonds. The lowest BCUT2D eigenvalue weighted by Gasteiger charge is -2.37. The summed E-state index contributed by atoms with van der Waals surface area (Å²) in [4.78, 5) is 24.8. The number of piperidine rings is 1. The topological polar surface area (TPSA) is 113 Å². The number of carbonyl (C=O) groups is 1. The van der Waals surface area contributed by atoms with Crippen molar-refractivity contribution in [3.05, 3.63) is 34.4 Å². The van der Waals surface area contributed by atoms with E-state index in [-0.39, 0.29) is 35.0 Å². The summed E-state index contributed by atoms with van der Waals surface area (Å²) >= 11 is 0. The van der Waals surface area contributed by atoms with E-state index in [9.17, 15) is 23.3 Å². The number of nitro groups is 1. The van der Waals surface area contributed by atoms with Crippen molar-refractivity contribution in [2.24, 2.45) is 5.92 Å². The molecular weight excluding hydrogens is 372 g/mol. The van der Waals surface area contributed by atoms with Crippen molar-refractivity contribution in [1.82, 2.24) is 14.5 Å². The van der Waals surface area contributed by atoms with Gasteiger partial charge in [-0.1, -0.05) is 0 Å². The predicted octanol–water partition coefficient (Wildman–Crippen LogP) is 0.816. The molecule has 1 N–H and O–H groups in total. The van der Waals surface area contributed by atoms with Crippen LogP contribution >= 0.6 is 0 Å². The first-order valence-electron chi connectivity index (χ1n) is 9.06. The van der Waals surface area contributed by atoms with Gasteiger partial charge in [0.2, 0.25) is 15.9 Å². The van der Waals surface area contributed by atoms with Gasteiger partial charge < -0.3 is 10.2 Å². The molecule has 0 radical (unpaired) electrons. The van der Waals surface area contributed by atoms with Crippen molar-refractivity contribution in [2.75, 3.05) is 32.7 Å². The van der Waals surface area contributed by atoms with Gasteiger partial charge in [0.25, 0.3) is 5.69 Å². The number of rotatable bonds is 4. The number of amides is 1. The van der Waals surface area contributed by atoms with Crippen molar-refractivity contribution in [3.8, 4) is 0 Å². The van der Waals surface area contributed by atoms with E-state index in [4.69, 9.17) is 0 Å². The fraction of sp³-hybridized carbons (Fsp3) is 0.588. The average Bonchev–Trinajstić information content (AvgIpc) is 2.67. The van der Waals surface area contributed by atoms with Gasteiger partial charge in [0.15, 0.2) is 0 Å². The fourth-order valence-electron chi connectivity index (χ4n) is 3.64. The number of nitrogens with zero attached hydrogens (tertiary/aromatic N) is 3. The largest absolute Gasteiger partial charge is 0.340 e. The molecule has 0 bridgehead atoms. The van der Waals surface area contributed by atoms with Crippen LogP contribution in [0.5, 0.6) is 0 Å². The molecule has 10 heteroatoms. The molecule has 148 valence electrons. The molecule has 2 atom stereocenters. The minimum absolute atomic E-state index is 0.00643. The highest BCUT2D eigenvalue weighted by Crippen LogP contribution is 2.26. The standard InChI is InChI=1S/C17H24N4O5S/c1-13-11-19(10-8-18-13)17(22)14-3-2-9-20(12-14)27(25,26)16-6-4-15(5-7-16)21(23)24/h4-7,13-14,18H,2-3,8-12H2,1H3. The SMILES string of the molecule is CC1CN(C(=O)C2CCCN(S(=O)(=O)c3ccc([N+](=O)[O-])cc3)C2)CCN1. The summed E-state index contributed by atoms with van der Waals surface area (Å²) in [5, 5.41) is 14.0. The summed E-state index contributed by atoms with van der Waals surface area (Å²) in [5.74, 6) is -0.344. The number of sulfonamides is 1. The molecule has 1 aromatic rings. The molecule has 2 saturated heterocycles. The third kappa shape index (κ3) is 4.28. The number of nitrogens with one attached hydrogen (secondary N) is 1. The Hall–Kier alpha value is -2.04. The van der Waals surface area contributed by atoms with E-state index < -0.39 is 14.9 Å². The number of piperazine rings is 1.